The van der Waals surface area contributed by atoms with Gasteiger partial charge < -0.3 is 9.47 Å². The number of ether oxygens (including phenoxy) is 2. The maximum atomic E-state index is 12.4. The van der Waals surface area contributed by atoms with Crippen LogP contribution in [0.2, 0.25) is 5.02 Å². The van der Waals surface area contributed by atoms with Crippen LogP contribution < -0.4 is 0 Å². The third-order valence-electron chi connectivity index (χ3n) is 4.12. The molecular weight excluding hydrogens is 420 g/mol. The Morgan fingerprint density at radius 3 is 2.33 bits per heavy atom. The lowest BCUT2D eigenvalue weighted by molar-refractivity contribution is -0.385. The van der Waals surface area contributed by atoms with Gasteiger partial charge >= 0.3 is 11.9 Å². The minimum Gasteiger partial charge on any atom is -0.465 e. The van der Waals surface area contributed by atoms with Gasteiger partial charge in [0.2, 0.25) is 0 Å². The molecule has 3 rings (SSSR count). The third kappa shape index (κ3) is 3.89. The molecular formula is C19H11ClN2O8. The Morgan fingerprint density at radius 1 is 1.10 bits per heavy atom. The molecule has 0 atom stereocenters. The molecule has 10 nitrogen and oxygen atoms in total. The fourth-order valence-electron chi connectivity index (χ4n) is 2.72. The number of carbonyl (C=O) groups excluding carboxylic acids is 2. The summed E-state index contributed by atoms with van der Waals surface area (Å²) in [7, 11) is 1.11. The van der Waals surface area contributed by atoms with E-state index in [-0.39, 0.29) is 44.4 Å². The maximum absolute atomic E-state index is 12.4. The van der Waals surface area contributed by atoms with Gasteiger partial charge in [0, 0.05) is 23.8 Å². The topological polar surface area (TPSA) is 139 Å². The summed E-state index contributed by atoms with van der Waals surface area (Å²) in [4.78, 5) is 45.4. The summed E-state index contributed by atoms with van der Waals surface area (Å²) in [5.74, 6) is -1.92. The first-order valence-corrected chi connectivity index (χ1v) is 8.56. The monoisotopic (exact) mass is 430 g/mol. The molecule has 0 aromatic heterocycles. The number of esters is 2. The molecule has 152 valence electrons. The summed E-state index contributed by atoms with van der Waals surface area (Å²) in [6.45, 7) is 0. The van der Waals surface area contributed by atoms with Gasteiger partial charge in [0.05, 0.1) is 22.5 Å². The van der Waals surface area contributed by atoms with Crippen LogP contribution in [-0.2, 0) is 19.1 Å². The molecule has 0 saturated heterocycles. The van der Waals surface area contributed by atoms with Gasteiger partial charge in [-0.25, -0.2) is 9.59 Å². The van der Waals surface area contributed by atoms with Gasteiger partial charge in [-0.1, -0.05) is 17.7 Å². The lowest BCUT2D eigenvalue weighted by atomic mass is 10.0. The van der Waals surface area contributed by atoms with E-state index in [4.69, 9.17) is 21.1 Å². The van der Waals surface area contributed by atoms with Crippen molar-refractivity contribution >= 4 is 46.7 Å². The van der Waals surface area contributed by atoms with E-state index in [9.17, 15) is 29.8 Å². The Kier molecular flexibility index (Phi) is 5.61. The zero-order chi connectivity index (χ0) is 22.0. The number of nitrogens with zero attached hydrogens (tertiary/aromatic N) is 2. The van der Waals surface area contributed by atoms with Crippen LogP contribution in [0.5, 0.6) is 0 Å². The summed E-state index contributed by atoms with van der Waals surface area (Å²) in [5.41, 5.74) is -0.505. The Bertz CT molecular complexity index is 1150. The van der Waals surface area contributed by atoms with E-state index in [1.807, 2.05) is 0 Å². The predicted molar refractivity (Wildman–Crippen MR) is 104 cm³/mol. The van der Waals surface area contributed by atoms with E-state index in [1.54, 1.807) is 0 Å². The minimum atomic E-state index is -0.888. The molecule has 0 unspecified atom stereocenters. The van der Waals surface area contributed by atoms with E-state index in [2.05, 4.69) is 0 Å². The van der Waals surface area contributed by atoms with Crippen LogP contribution >= 0.6 is 11.6 Å². The summed E-state index contributed by atoms with van der Waals surface area (Å²) in [6, 6.07) is 8.87. The number of hydrogen-bond donors (Lipinski definition) is 0. The second kappa shape index (κ2) is 8.13. The van der Waals surface area contributed by atoms with Crippen molar-refractivity contribution < 1.29 is 28.9 Å². The zero-order valence-electron chi connectivity index (χ0n) is 15.2. The molecule has 0 aliphatic carbocycles. The lowest BCUT2D eigenvalue weighted by Gasteiger charge is -2.04. The van der Waals surface area contributed by atoms with Crippen LogP contribution in [0.4, 0.5) is 11.4 Å². The number of benzene rings is 2. The highest BCUT2D eigenvalue weighted by atomic mass is 35.5. The van der Waals surface area contributed by atoms with Crippen molar-refractivity contribution in [2.75, 3.05) is 7.11 Å². The van der Waals surface area contributed by atoms with Gasteiger partial charge in [0.15, 0.2) is 5.76 Å². The van der Waals surface area contributed by atoms with Crippen LogP contribution in [-0.4, -0.2) is 28.9 Å². The Labute approximate surface area is 173 Å². The van der Waals surface area contributed by atoms with E-state index in [0.29, 0.717) is 0 Å². The van der Waals surface area contributed by atoms with Crippen LogP contribution in [0, 0.1) is 20.2 Å². The first-order valence-electron chi connectivity index (χ1n) is 8.18. The molecule has 1 heterocycles. The SMILES string of the molecule is COC(=O)C1=C(c2ccc([N+](=O)[O-])cc2)OC(=O)/C1=C\c1ccc(Cl)c([N+](=O)[O-])c1. The van der Waals surface area contributed by atoms with Crippen LogP contribution in [0.15, 0.2) is 53.6 Å². The number of rotatable bonds is 5. The highest BCUT2D eigenvalue weighted by molar-refractivity contribution is 6.32. The summed E-state index contributed by atoms with van der Waals surface area (Å²) < 4.78 is 9.95. The molecule has 0 spiro atoms. The van der Waals surface area contributed by atoms with E-state index >= 15 is 0 Å². The quantitative estimate of drug-likeness (QED) is 0.303. The molecule has 0 amide bonds. The number of nitro benzene ring substituents is 2. The summed E-state index contributed by atoms with van der Waals surface area (Å²) >= 11 is 5.79. The van der Waals surface area contributed by atoms with Crippen LogP contribution in [0.25, 0.3) is 11.8 Å². The van der Waals surface area contributed by atoms with Crippen molar-refractivity contribution in [2.24, 2.45) is 0 Å². The van der Waals surface area contributed by atoms with Crippen molar-refractivity contribution in [2.45, 2.75) is 0 Å². The highest BCUT2D eigenvalue weighted by Crippen LogP contribution is 2.36. The zero-order valence-corrected chi connectivity index (χ0v) is 15.9. The molecule has 11 heteroatoms. The van der Waals surface area contributed by atoms with Gasteiger partial charge in [-0.2, -0.15) is 0 Å². The molecule has 2 aromatic rings. The molecule has 0 radical (unpaired) electrons. The van der Waals surface area contributed by atoms with Gasteiger partial charge in [-0.3, -0.25) is 20.2 Å². The second-order valence-corrected chi connectivity index (χ2v) is 6.32. The van der Waals surface area contributed by atoms with Gasteiger partial charge in [-0.05, 0) is 29.8 Å². The number of cyclic esters (lactones) is 1. The maximum Gasteiger partial charge on any atom is 0.344 e. The fourth-order valence-corrected chi connectivity index (χ4v) is 2.91. The Hall–Kier alpha value is -4.05. The molecule has 0 fully saturated rings. The van der Waals surface area contributed by atoms with Gasteiger partial charge in [0.25, 0.3) is 11.4 Å². The molecule has 0 N–H and O–H groups in total. The second-order valence-electron chi connectivity index (χ2n) is 5.92. The van der Waals surface area contributed by atoms with Gasteiger partial charge in [0.1, 0.15) is 10.6 Å². The minimum absolute atomic E-state index is 0.0912. The standard InChI is InChI=1S/C19H11ClN2O8/c1-29-19(24)16-13(8-10-2-7-14(20)15(9-10)22(27)28)18(23)30-17(16)11-3-5-12(6-4-11)21(25)26/h2-9H,1H3/b13-8-. The average molecular weight is 431 g/mol. The van der Waals surface area contributed by atoms with Crippen molar-refractivity contribution in [3.05, 3.63) is 90.0 Å². The Morgan fingerprint density at radius 2 is 1.77 bits per heavy atom. The van der Waals surface area contributed by atoms with Crippen LogP contribution in [0.3, 0.4) is 0 Å². The first-order chi connectivity index (χ1) is 14.2. The number of methoxy groups -OCH3 is 1. The van der Waals surface area contributed by atoms with E-state index < -0.39 is 21.8 Å². The third-order valence-corrected chi connectivity index (χ3v) is 4.44. The van der Waals surface area contributed by atoms with Crippen molar-refractivity contribution in [1.29, 1.82) is 0 Å². The molecule has 2 aromatic carbocycles. The number of halogens is 1. The lowest BCUT2D eigenvalue weighted by Crippen LogP contribution is -2.08. The fraction of sp³-hybridized carbons (Fsp3) is 0.0526. The number of hydrogen-bond acceptors (Lipinski definition) is 8. The van der Waals surface area contributed by atoms with Gasteiger partial charge in [-0.15, -0.1) is 0 Å². The largest absolute Gasteiger partial charge is 0.465 e. The smallest absolute Gasteiger partial charge is 0.344 e. The molecule has 0 bridgehead atoms. The number of nitro groups is 2. The first kappa shape index (κ1) is 20.7. The average Bonchev–Trinajstić information content (AvgIpc) is 3.04. The van der Waals surface area contributed by atoms with Crippen molar-refractivity contribution in [1.82, 2.24) is 0 Å². The van der Waals surface area contributed by atoms with Crippen molar-refractivity contribution in [3.63, 3.8) is 0 Å². The number of carbonyl (C=O) groups is 2. The summed E-state index contributed by atoms with van der Waals surface area (Å²) in [5, 5.41) is 21.8. The number of non-ortho nitro benzene ring substituents is 1. The predicted octanol–water partition coefficient (Wildman–Crippen LogP) is 3.68. The molecule has 1 aliphatic rings. The van der Waals surface area contributed by atoms with E-state index in [0.717, 1.165) is 13.2 Å². The molecule has 1 aliphatic heterocycles. The normalized spacial score (nSPS) is 14.6. The molecule has 30 heavy (non-hydrogen) atoms. The van der Waals surface area contributed by atoms with Crippen LogP contribution in [0.1, 0.15) is 11.1 Å². The summed E-state index contributed by atoms with van der Waals surface area (Å²) in [6.07, 6.45) is 1.23. The molecule has 0 saturated carbocycles. The Balaban J connectivity index is 2.14. The van der Waals surface area contributed by atoms with Crippen molar-refractivity contribution in [3.8, 4) is 0 Å². The highest BCUT2D eigenvalue weighted by Gasteiger charge is 2.36. The van der Waals surface area contributed by atoms with E-state index in [1.165, 1.54) is 42.5 Å².